The third-order valence-corrected chi connectivity index (χ3v) is 3.09. The van der Waals surface area contributed by atoms with Crippen molar-refractivity contribution >= 4 is 10.9 Å². The number of aryl methyl sites for hydroxylation is 2. The second-order valence-corrected chi connectivity index (χ2v) is 4.93. The number of halogens is 1. The standard InChI is InChI=1S/C13H17FN2/c1-8-7-9-11(16(8)4)6-5-10(12(9)14)13(2,3)15/h5-7H,15H2,1-4H3. The van der Waals surface area contributed by atoms with Crippen molar-refractivity contribution in [3.8, 4) is 0 Å². The van der Waals surface area contributed by atoms with E-state index in [1.54, 1.807) is 6.07 Å². The number of fused-ring (bicyclic) bond motifs is 1. The second kappa shape index (κ2) is 3.32. The van der Waals surface area contributed by atoms with Crippen LogP contribution >= 0.6 is 0 Å². The fraction of sp³-hybridized carbons (Fsp3) is 0.385. The zero-order chi connectivity index (χ0) is 12.1. The molecule has 3 heteroatoms. The Bertz CT molecular complexity index is 547. The topological polar surface area (TPSA) is 30.9 Å². The highest BCUT2D eigenvalue weighted by Gasteiger charge is 2.21. The molecule has 2 rings (SSSR count). The second-order valence-electron chi connectivity index (χ2n) is 4.93. The lowest BCUT2D eigenvalue weighted by molar-refractivity contribution is 0.506. The molecule has 0 atom stereocenters. The summed E-state index contributed by atoms with van der Waals surface area (Å²) >= 11 is 0. The maximum Gasteiger partial charge on any atom is 0.137 e. The lowest BCUT2D eigenvalue weighted by Crippen LogP contribution is -2.29. The zero-order valence-electron chi connectivity index (χ0n) is 10.1. The first kappa shape index (κ1) is 11.1. The highest BCUT2D eigenvalue weighted by Crippen LogP contribution is 2.28. The summed E-state index contributed by atoms with van der Waals surface area (Å²) < 4.78 is 16.2. The number of nitrogens with two attached hydrogens (primary N) is 1. The van der Waals surface area contributed by atoms with Crippen LogP contribution in [0.25, 0.3) is 10.9 Å². The van der Waals surface area contributed by atoms with E-state index >= 15 is 0 Å². The predicted octanol–water partition coefficient (Wildman–Crippen LogP) is 2.82. The molecule has 0 aliphatic heterocycles. The molecule has 0 fully saturated rings. The average Bonchev–Trinajstić information content (AvgIpc) is 2.44. The third kappa shape index (κ3) is 1.52. The van der Waals surface area contributed by atoms with Gasteiger partial charge < -0.3 is 10.3 Å². The van der Waals surface area contributed by atoms with Crippen LogP contribution in [0, 0.1) is 12.7 Å². The quantitative estimate of drug-likeness (QED) is 0.787. The van der Waals surface area contributed by atoms with Gasteiger partial charge in [0.05, 0.1) is 5.52 Å². The highest BCUT2D eigenvalue weighted by molar-refractivity contribution is 5.83. The van der Waals surface area contributed by atoms with Crippen molar-refractivity contribution < 1.29 is 4.39 Å². The Balaban J connectivity index is 2.81. The van der Waals surface area contributed by atoms with Gasteiger partial charge in [-0.25, -0.2) is 4.39 Å². The fourth-order valence-corrected chi connectivity index (χ4v) is 2.01. The number of hydrogen-bond donors (Lipinski definition) is 1. The van der Waals surface area contributed by atoms with Gasteiger partial charge in [-0.05, 0) is 32.9 Å². The normalized spacial score (nSPS) is 12.4. The molecule has 0 unspecified atom stereocenters. The molecule has 1 heterocycles. The molecule has 1 aromatic heterocycles. The first-order chi connectivity index (χ1) is 7.32. The number of nitrogens with zero attached hydrogens (tertiary/aromatic N) is 1. The van der Waals surface area contributed by atoms with Gasteiger partial charge in [0.1, 0.15) is 5.82 Å². The van der Waals surface area contributed by atoms with E-state index in [0.29, 0.717) is 10.9 Å². The fourth-order valence-electron chi connectivity index (χ4n) is 2.01. The van der Waals surface area contributed by atoms with Gasteiger partial charge in [0.2, 0.25) is 0 Å². The van der Waals surface area contributed by atoms with Crippen molar-refractivity contribution in [3.63, 3.8) is 0 Å². The van der Waals surface area contributed by atoms with E-state index < -0.39 is 5.54 Å². The minimum absolute atomic E-state index is 0.200. The van der Waals surface area contributed by atoms with E-state index in [9.17, 15) is 4.39 Å². The Hall–Kier alpha value is -1.35. The van der Waals surface area contributed by atoms with Crippen LogP contribution in [0.3, 0.4) is 0 Å². The summed E-state index contributed by atoms with van der Waals surface area (Å²) in [7, 11) is 1.93. The Morgan fingerprint density at radius 1 is 1.31 bits per heavy atom. The van der Waals surface area contributed by atoms with E-state index in [0.717, 1.165) is 11.2 Å². The summed E-state index contributed by atoms with van der Waals surface area (Å²) in [6, 6.07) is 5.56. The summed E-state index contributed by atoms with van der Waals surface area (Å²) in [4.78, 5) is 0. The molecule has 0 amide bonds. The van der Waals surface area contributed by atoms with Crippen LogP contribution in [0.1, 0.15) is 25.1 Å². The molecule has 0 spiro atoms. The third-order valence-electron chi connectivity index (χ3n) is 3.09. The molecular formula is C13H17FN2. The summed E-state index contributed by atoms with van der Waals surface area (Å²) in [5.74, 6) is -0.200. The molecule has 0 radical (unpaired) electrons. The monoisotopic (exact) mass is 220 g/mol. The van der Waals surface area contributed by atoms with Crippen LogP contribution in [0.4, 0.5) is 4.39 Å². The van der Waals surface area contributed by atoms with Crippen LogP contribution in [0.5, 0.6) is 0 Å². The number of rotatable bonds is 1. The van der Waals surface area contributed by atoms with E-state index in [-0.39, 0.29) is 5.82 Å². The van der Waals surface area contributed by atoms with Crippen molar-refractivity contribution in [2.24, 2.45) is 12.8 Å². The summed E-state index contributed by atoms with van der Waals surface area (Å²) in [5, 5.41) is 0.649. The molecule has 0 saturated heterocycles. The predicted molar refractivity (Wildman–Crippen MR) is 64.8 cm³/mol. The molecule has 1 aromatic carbocycles. The molecule has 2 N–H and O–H groups in total. The Morgan fingerprint density at radius 3 is 2.50 bits per heavy atom. The summed E-state index contributed by atoms with van der Waals surface area (Å²) in [6.45, 7) is 5.59. The van der Waals surface area contributed by atoms with Gasteiger partial charge in [-0.15, -0.1) is 0 Å². The summed E-state index contributed by atoms with van der Waals surface area (Å²) in [5.41, 5.74) is 7.80. The van der Waals surface area contributed by atoms with Gasteiger partial charge in [-0.2, -0.15) is 0 Å². The van der Waals surface area contributed by atoms with Crippen molar-refractivity contribution in [1.82, 2.24) is 4.57 Å². The minimum Gasteiger partial charge on any atom is -0.348 e. The lowest BCUT2D eigenvalue weighted by atomic mass is 9.94. The maximum absolute atomic E-state index is 14.3. The molecule has 2 nitrogen and oxygen atoms in total. The first-order valence-electron chi connectivity index (χ1n) is 5.36. The smallest absolute Gasteiger partial charge is 0.137 e. The van der Waals surface area contributed by atoms with Crippen LogP contribution < -0.4 is 5.73 Å². The Kier molecular flexibility index (Phi) is 2.31. The van der Waals surface area contributed by atoms with Crippen molar-refractivity contribution in [2.75, 3.05) is 0 Å². The van der Waals surface area contributed by atoms with Gasteiger partial charge >= 0.3 is 0 Å². The molecule has 16 heavy (non-hydrogen) atoms. The lowest BCUT2D eigenvalue weighted by Gasteiger charge is -2.20. The SMILES string of the molecule is Cc1cc2c(F)c(C(C)(C)N)ccc2n1C. The molecule has 2 aromatic rings. The maximum atomic E-state index is 14.3. The van der Waals surface area contributed by atoms with Crippen LogP contribution in [0.2, 0.25) is 0 Å². The molecule has 0 aliphatic rings. The van der Waals surface area contributed by atoms with Crippen LogP contribution in [-0.4, -0.2) is 4.57 Å². The van der Waals surface area contributed by atoms with E-state index in [4.69, 9.17) is 5.73 Å². The number of benzene rings is 1. The molecule has 0 aliphatic carbocycles. The van der Waals surface area contributed by atoms with Gasteiger partial charge in [-0.3, -0.25) is 0 Å². The van der Waals surface area contributed by atoms with E-state index in [1.807, 2.05) is 44.5 Å². The zero-order valence-corrected chi connectivity index (χ0v) is 10.1. The van der Waals surface area contributed by atoms with E-state index in [2.05, 4.69) is 0 Å². The van der Waals surface area contributed by atoms with E-state index in [1.165, 1.54) is 0 Å². The van der Waals surface area contributed by atoms with Crippen molar-refractivity contribution in [1.29, 1.82) is 0 Å². The van der Waals surface area contributed by atoms with Gasteiger partial charge in [0, 0.05) is 29.2 Å². The molecule has 0 bridgehead atoms. The molecule has 0 saturated carbocycles. The molecule has 86 valence electrons. The largest absolute Gasteiger partial charge is 0.348 e. The van der Waals surface area contributed by atoms with Crippen molar-refractivity contribution in [2.45, 2.75) is 26.3 Å². The van der Waals surface area contributed by atoms with Gasteiger partial charge in [0.25, 0.3) is 0 Å². The van der Waals surface area contributed by atoms with Gasteiger partial charge in [0.15, 0.2) is 0 Å². The Labute approximate surface area is 94.9 Å². The summed E-state index contributed by atoms with van der Waals surface area (Å²) in [6.07, 6.45) is 0. The minimum atomic E-state index is -0.651. The highest BCUT2D eigenvalue weighted by atomic mass is 19.1. The Morgan fingerprint density at radius 2 is 1.94 bits per heavy atom. The van der Waals surface area contributed by atoms with Crippen LogP contribution in [-0.2, 0) is 12.6 Å². The number of hydrogen-bond acceptors (Lipinski definition) is 1. The van der Waals surface area contributed by atoms with Gasteiger partial charge in [-0.1, -0.05) is 6.07 Å². The van der Waals surface area contributed by atoms with Crippen molar-refractivity contribution in [3.05, 3.63) is 35.3 Å². The first-order valence-corrected chi connectivity index (χ1v) is 5.36. The number of aromatic nitrogens is 1. The van der Waals surface area contributed by atoms with Crippen LogP contribution in [0.15, 0.2) is 18.2 Å². The average molecular weight is 220 g/mol. The molecular weight excluding hydrogens is 203 g/mol.